The summed E-state index contributed by atoms with van der Waals surface area (Å²) < 4.78 is 25.1. The Morgan fingerprint density at radius 3 is 2.76 bits per heavy atom. The number of rotatable bonds is 4. The standard InChI is InChI=1S/C21H20ClFN2O4/c1-24(12-15-16(22)3-2-4-17(15)23)21(27)13-9-20(26)25(11-13)14-5-6-18-19(10-14)29-8-7-28-18/h2-6,10,13H,7-9,11-12H2,1H3/t13-/m1/s1. The molecule has 0 radical (unpaired) electrons. The Hall–Kier alpha value is -2.80. The van der Waals surface area contributed by atoms with Crippen molar-refractivity contribution < 1.29 is 23.5 Å². The summed E-state index contributed by atoms with van der Waals surface area (Å²) in [6.45, 7) is 1.24. The summed E-state index contributed by atoms with van der Waals surface area (Å²) in [6.07, 6.45) is 0.0998. The first-order chi connectivity index (χ1) is 13.9. The Labute approximate surface area is 172 Å². The van der Waals surface area contributed by atoms with Crippen LogP contribution in [0.4, 0.5) is 10.1 Å². The van der Waals surface area contributed by atoms with Crippen molar-refractivity contribution in [3.8, 4) is 11.5 Å². The van der Waals surface area contributed by atoms with E-state index in [4.69, 9.17) is 21.1 Å². The van der Waals surface area contributed by atoms with Crippen LogP contribution in [0.2, 0.25) is 5.02 Å². The lowest BCUT2D eigenvalue weighted by molar-refractivity contribution is -0.135. The molecule has 29 heavy (non-hydrogen) atoms. The number of amides is 2. The number of ether oxygens (including phenoxy) is 2. The summed E-state index contributed by atoms with van der Waals surface area (Å²) in [6, 6.07) is 9.70. The monoisotopic (exact) mass is 418 g/mol. The van der Waals surface area contributed by atoms with E-state index in [9.17, 15) is 14.0 Å². The van der Waals surface area contributed by atoms with Crippen molar-refractivity contribution in [2.24, 2.45) is 5.92 Å². The molecule has 1 fully saturated rings. The zero-order valence-corrected chi connectivity index (χ0v) is 16.6. The number of benzene rings is 2. The van der Waals surface area contributed by atoms with E-state index >= 15 is 0 Å². The zero-order valence-electron chi connectivity index (χ0n) is 15.9. The molecule has 4 rings (SSSR count). The molecule has 0 bridgehead atoms. The van der Waals surface area contributed by atoms with Gasteiger partial charge >= 0.3 is 0 Å². The van der Waals surface area contributed by atoms with Crippen molar-refractivity contribution in [3.63, 3.8) is 0 Å². The molecule has 152 valence electrons. The molecule has 2 aromatic carbocycles. The molecule has 2 aromatic rings. The fraction of sp³-hybridized carbons (Fsp3) is 0.333. The molecule has 2 heterocycles. The van der Waals surface area contributed by atoms with Gasteiger partial charge < -0.3 is 19.3 Å². The lowest BCUT2D eigenvalue weighted by Crippen LogP contribution is -2.34. The van der Waals surface area contributed by atoms with Crippen LogP contribution < -0.4 is 14.4 Å². The second-order valence-electron chi connectivity index (χ2n) is 7.13. The van der Waals surface area contributed by atoms with E-state index in [1.54, 1.807) is 36.2 Å². The topological polar surface area (TPSA) is 59.1 Å². The minimum atomic E-state index is -0.508. The van der Waals surface area contributed by atoms with E-state index in [1.165, 1.54) is 17.0 Å². The molecule has 0 spiro atoms. The molecule has 2 amide bonds. The third-order valence-electron chi connectivity index (χ3n) is 5.14. The molecule has 0 N–H and O–H groups in total. The number of halogens is 2. The largest absolute Gasteiger partial charge is 0.486 e. The first-order valence-electron chi connectivity index (χ1n) is 9.32. The van der Waals surface area contributed by atoms with Gasteiger partial charge in [0.25, 0.3) is 0 Å². The van der Waals surface area contributed by atoms with E-state index in [2.05, 4.69) is 0 Å². The van der Waals surface area contributed by atoms with Crippen LogP contribution in [0.5, 0.6) is 11.5 Å². The van der Waals surface area contributed by atoms with E-state index < -0.39 is 11.7 Å². The Morgan fingerprint density at radius 2 is 2.00 bits per heavy atom. The van der Waals surface area contributed by atoms with E-state index in [1.807, 2.05) is 0 Å². The third kappa shape index (κ3) is 3.87. The molecule has 0 saturated carbocycles. The van der Waals surface area contributed by atoms with Crippen molar-refractivity contribution in [2.75, 3.05) is 31.7 Å². The molecule has 1 atom stereocenters. The van der Waals surface area contributed by atoms with Crippen LogP contribution in [0, 0.1) is 11.7 Å². The number of hydrogen-bond donors (Lipinski definition) is 0. The zero-order chi connectivity index (χ0) is 20.5. The lowest BCUT2D eigenvalue weighted by atomic mass is 10.1. The fourth-order valence-electron chi connectivity index (χ4n) is 3.63. The highest BCUT2D eigenvalue weighted by molar-refractivity contribution is 6.31. The van der Waals surface area contributed by atoms with Crippen LogP contribution in [0.3, 0.4) is 0 Å². The Morgan fingerprint density at radius 1 is 1.24 bits per heavy atom. The predicted molar refractivity (Wildman–Crippen MR) is 106 cm³/mol. The van der Waals surface area contributed by atoms with Crippen molar-refractivity contribution in [1.82, 2.24) is 4.90 Å². The molecule has 0 aliphatic carbocycles. The maximum Gasteiger partial charge on any atom is 0.228 e. The van der Waals surface area contributed by atoms with E-state index in [0.717, 1.165) is 0 Å². The minimum absolute atomic E-state index is 0.0407. The number of nitrogens with zero attached hydrogens (tertiary/aromatic N) is 2. The summed E-state index contributed by atoms with van der Waals surface area (Å²) in [5.74, 6) is -0.109. The summed E-state index contributed by atoms with van der Waals surface area (Å²) in [7, 11) is 1.59. The molecular formula is C21H20ClFN2O4. The molecule has 2 aliphatic rings. The Balaban J connectivity index is 1.46. The van der Waals surface area contributed by atoms with Crippen LogP contribution in [-0.4, -0.2) is 43.5 Å². The second kappa shape index (κ2) is 7.91. The highest BCUT2D eigenvalue weighted by atomic mass is 35.5. The van der Waals surface area contributed by atoms with Gasteiger partial charge in [0.1, 0.15) is 19.0 Å². The van der Waals surface area contributed by atoms with Crippen LogP contribution in [0.25, 0.3) is 0 Å². The Bertz CT molecular complexity index is 947. The van der Waals surface area contributed by atoms with Gasteiger partial charge in [-0.25, -0.2) is 4.39 Å². The van der Waals surface area contributed by atoms with Gasteiger partial charge in [-0.3, -0.25) is 9.59 Å². The fourth-order valence-corrected chi connectivity index (χ4v) is 3.86. The van der Waals surface area contributed by atoms with Gasteiger partial charge in [-0.05, 0) is 24.3 Å². The van der Waals surface area contributed by atoms with E-state index in [-0.39, 0.29) is 41.9 Å². The highest BCUT2D eigenvalue weighted by Crippen LogP contribution is 2.36. The molecule has 2 aliphatic heterocycles. The van der Waals surface area contributed by atoms with Gasteiger partial charge in [-0.1, -0.05) is 17.7 Å². The maximum atomic E-state index is 14.0. The third-order valence-corrected chi connectivity index (χ3v) is 5.50. The summed E-state index contributed by atoms with van der Waals surface area (Å²) in [4.78, 5) is 28.4. The Kier molecular flexibility index (Phi) is 5.32. The van der Waals surface area contributed by atoms with Gasteiger partial charge in [0.05, 0.1) is 5.92 Å². The van der Waals surface area contributed by atoms with Gasteiger partial charge in [0, 0.05) is 48.9 Å². The number of carbonyl (C=O) groups excluding carboxylic acids is 2. The number of hydrogen-bond acceptors (Lipinski definition) is 4. The minimum Gasteiger partial charge on any atom is -0.486 e. The van der Waals surface area contributed by atoms with Crippen LogP contribution in [0.1, 0.15) is 12.0 Å². The predicted octanol–water partition coefficient (Wildman–Crippen LogP) is 3.26. The normalized spacial score (nSPS) is 18.1. The summed E-state index contributed by atoms with van der Waals surface area (Å²) in [5, 5.41) is 0.269. The molecule has 6 nitrogen and oxygen atoms in total. The smallest absolute Gasteiger partial charge is 0.228 e. The first-order valence-corrected chi connectivity index (χ1v) is 9.69. The first kappa shape index (κ1) is 19.5. The quantitative estimate of drug-likeness (QED) is 0.764. The molecular weight excluding hydrogens is 399 g/mol. The van der Waals surface area contributed by atoms with Crippen molar-refractivity contribution in [2.45, 2.75) is 13.0 Å². The van der Waals surface area contributed by atoms with Gasteiger partial charge in [-0.15, -0.1) is 0 Å². The summed E-state index contributed by atoms with van der Waals surface area (Å²) >= 11 is 6.06. The molecule has 0 aromatic heterocycles. The average molecular weight is 419 g/mol. The molecule has 8 heteroatoms. The number of anilines is 1. The maximum absolute atomic E-state index is 14.0. The van der Waals surface area contributed by atoms with Crippen molar-refractivity contribution in [1.29, 1.82) is 0 Å². The van der Waals surface area contributed by atoms with Crippen molar-refractivity contribution in [3.05, 3.63) is 52.8 Å². The van der Waals surface area contributed by atoms with Gasteiger partial charge in [-0.2, -0.15) is 0 Å². The highest BCUT2D eigenvalue weighted by Gasteiger charge is 2.37. The average Bonchev–Trinajstić information content (AvgIpc) is 3.11. The van der Waals surface area contributed by atoms with Crippen LogP contribution in [-0.2, 0) is 16.1 Å². The number of carbonyl (C=O) groups is 2. The SMILES string of the molecule is CN(Cc1c(F)cccc1Cl)C(=O)[C@@H]1CC(=O)N(c2ccc3c(c2)OCCO3)C1. The molecule has 1 saturated heterocycles. The van der Waals surface area contributed by atoms with Crippen LogP contribution >= 0.6 is 11.6 Å². The second-order valence-corrected chi connectivity index (χ2v) is 7.54. The summed E-state index contributed by atoms with van der Waals surface area (Å²) in [5.41, 5.74) is 0.924. The van der Waals surface area contributed by atoms with E-state index in [0.29, 0.717) is 30.4 Å². The van der Waals surface area contributed by atoms with Gasteiger partial charge in [0.2, 0.25) is 11.8 Å². The van der Waals surface area contributed by atoms with Crippen molar-refractivity contribution >= 4 is 29.1 Å². The number of fused-ring (bicyclic) bond motifs is 1. The van der Waals surface area contributed by atoms with Crippen LogP contribution in [0.15, 0.2) is 36.4 Å². The van der Waals surface area contributed by atoms with Gasteiger partial charge in [0.15, 0.2) is 11.5 Å². The molecule has 0 unspecified atom stereocenters. The lowest BCUT2D eigenvalue weighted by Gasteiger charge is -2.23.